The average molecular weight is 347 g/mol. The molecule has 2 aromatic rings. The number of hydrogen-bond acceptors (Lipinski definition) is 0. The van der Waals surface area contributed by atoms with Crippen LogP contribution in [0, 0.1) is 0 Å². The summed E-state index contributed by atoms with van der Waals surface area (Å²) >= 11 is 0. The maximum Gasteiger partial charge on any atom is -0.0100 e. The van der Waals surface area contributed by atoms with Crippen molar-refractivity contribution in [3.05, 3.63) is 70.3 Å². The van der Waals surface area contributed by atoms with Gasteiger partial charge in [-0.3, -0.25) is 0 Å². The molecule has 0 aliphatic heterocycles. The zero-order chi connectivity index (χ0) is 19.1. The normalized spacial score (nSPS) is 18.7. The Labute approximate surface area is 160 Å². The number of fused-ring (bicyclic) bond motifs is 1. The summed E-state index contributed by atoms with van der Waals surface area (Å²) in [7, 11) is 0. The van der Waals surface area contributed by atoms with Gasteiger partial charge in [0.2, 0.25) is 0 Å². The van der Waals surface area contributed by atoms with E-state index in [1.807, 2.05) is 0 Å². The first-order valence-electron chi connectivity index (χ1n) is 10.0. The lowest BCUT2D eigenvalue weighted by atomic mass is 9.63. The van der Waals surface area contributed by atoms with Crippen molar-refractivity contribution in [2.75, 3.05) is 0 Å². The van der Waals surface area contributed by atoms with Gasteiger partial charge in [0, 0.05) is 0 Å². The lowest BCUT2D eigenvalue weighted by Gasteiger charge is -2.42. The largest absolute Gasteiger partial charge is 0.0614 e. The molecule has 0 bridgehead atoms. The molecule has 26 heavy (non-hydrogen) atoms. The Morgan fingerprint density at radius 1 is 0.885 bits per heavy atom. The van der Waals surface area contributed by atoms with Crippen LogP contribution < -0.4 is 0 Å². The van der Waals surface area contributed by atoms with Crippen molar-refractivity contribution >= 4 is 11.6 Å². The van der Waals surface area contributed by atoms with Crippen molar-refractivity contribution in [3.63, 3.8) is 0 Å². The fourth-order valence-corrected chi connectivity index (χ4v) is 4.18. The van der Waals surface area contributed by atoms with E-state index in [1.165, 1.54) is 46.2 Å². The van der Waals surface area contributed by atoms with E-state index in [9.17, 15) is 0 Å². The number of allylic oxidation sites excluding steroid dienone is 1. The summed E-state index contributed by atoms with van der Waals surface area (Å²) in [6.07, 6.45) is 4.85. The highest BCUT2D eigenvalue weighted by atomic mass is 14.4. The Balaban J connectivity index is 2.01. The molecule has 0 N–H and O–H groups in total. The Morgan fingerprint density at radius 2 is 1.54 bits per heavy atom. The van der Waals surface area contributed by atoms with Gasteiger partial charge >= 0.3 is 0 Å². The number of hydrogen-bond donors (Lipinski definition) is 0. The monoisotopic (exact) mass is 346 g/mol. The highest BCUT2D eigenvalue weighted by Crippen LogP contribution is 2.46. The second-order valence-corrected chi connectivity index (χ2v) is 9.68. The molecule has 0 heteroatoms. The summed E-state index contributed by atoms with van der Waals surface area (Å²) in [5.41, 5.74) is 9.01. The van der Waals surface area contributed by atoms with Gasteiger partial charge in [0.05, 0.1) is 0 Å². The molecule has 0 fully saturated rings. The van der Waals surface area contributed by atoms with Crippen LogP contribution in [0.4, 0.5) is 0 Å². The van der Waals surface area contributed by atoms with Gasteiger partial charge in [-0.1, -0.05) is 90.1 Å². The molecule has 0 amide bonds. The molecule has 0 atom stereocenters. The summed E-state index contributed by atoms with van der Waals surface area (Å²) in [6, 6.07) is 16.1. The summed E-state index contributed by atoms with van der Waals surface area (Å²) < 4.78 is 0. The van der Waals surface area contributed by atoms with E-state index in [0.717, 1.165) is 0 Å². The van der Waals surface area contributed by atoms with E-state index in [1.54, 1.807) is 0 Å². The lowest BCUT2D eigenvalue weighted by molar-refractivity contribution is 0.332. The molecule has 0 unspecified atom stereocenters. The molecule has 0 saturated carbocycles. The third-order valence-electron chi connectivity index (χ3n) is 6.27. The third-order valence-corrected chi connectivity index (χ3v) is 6.27. The van der Waals surface area contributed by atoms with Crippen LogP contribution in [0.25, 0.3) is 11.6 Å². The van der Waals surface area contributed by atoms with Crippen molar-refractivity contribution in [1.82, 2.24) is 0 Å². The van der Waals surface area contributed by atoms with Crippen molar-refractivity contribution in [1.29, 1.82) is 0 Å². The third kappa shape index (κ3) is 3.65. The lowest BCUT2D eigenvalue weighted by Crippen LogP contribution is -2.33. The first-order chi connectivity index (χ1) is 12.1. The van der Waals surface area contributed by atoms with Crippen LogP contribution in [-0.4, -0.2) is 0 Å². The highest BCUT2D eigenvalue weighted by molar-refractivity contribution is 5.81. The molecular weight excluding hydrogens is 312 g/mol. The molecule has 0 spiro atoms. The predicted octanol–water partition coefficient (Wildman–Crippen LogP) is 7.72. The van der Waals surface area contributed by atoms with E-state index in [2.05, 4.69) is 97.0 Å². The van der Waals surface area contributed by atoms with E-state index >= 15 is 0 Å². The standard InChI is InChI=1S/C26H34/c1-18(2)21-10-8-9-20(16-21)15-19(3)22-11-12-23-24(17-22)26(6,7)14-13-25(23,4)5/h8-12,15-18H,13-14H2,1-7H3. The van der Waals surface area contributed by atoms with Gasteiger partial charge in [-0.05, 0) is 69.9 Å². The van der Waals surface area contributed by atoms with Crippen LogP contribution in [0.15, 0.2) is 42.5 Å². The van der Waals surface area contributed by atoms with Crippen LogP contribution in [0.2, 0.25) is 0 Å². The van der Waals surface area contributed by atoms with Gasteiger partial charge < -0.3 is 0 Å². The molecular formula is C26H34. The van der Waals surface area contributed by atoms with Crippen LogP contribution in [0.1, 0.15) is 95.0 Å². The van der Waals surface area contributed by atoms with Crippen LogP contribution in [0.5, 0.6) is 0 Å². The van der Waals surface area contributed by atoms with Crippen molar-refractivity contribution in [2.45, 2.75) is 78.1 Å². The Morgan fingerprint density at radius 3 is 2.19 bits per heavy atom. The van der Waals surface area contributed by atoms with E-state index in [0.29, 0.717) is 5.92 Å². The van der Waals surface area contributed by atoms with E-state index < -0.39 is 0 Å². The maximum absolute atomic E-state index is 2.45. The van der Waals surface area contributed by atoms with Crippen LogP contribution in [0.3, 0.4) is 0 Å². The molecule has 0 heterocycles. The minimum absolute atomic E-state index is 0.263. The first-order valence-corrected chi connectivity index (χ1v) is 10.0. The fourth-order valence-electron chi connectivity index (χ4n) is 4.18. The van der Waals surface area contributed by atoms with Crippen molar-refractivity contribution in [3.8, 4) is 0 Å². The quantitative estimate of drug-likeness (QED) is 0.499. The highest BCUT2D eigenvalue weighted by Gasteiger charge is 2.36. The SMILES string of the molecule is CC(=Cc1cccc(C(C)C)c1)c1ccc2c(c1)C(C)(C)CCC2(C)C. The van der Waals surface area contributed by atoms with Crippen molar-refractivity contribution in [2.24, 2.45) is 0 Å². The van der Waals surface area contributed by atoms with Crippen molar-refractivity contribution < 1.29 is 0 Å². The molecule has 0 saturated heterocycles. The second-order valence-electron chi connectivity index (χ2n) is 9.68. The smallest absolute Gasteiger partial charge is 0.0100 e. The minimum atomic E-state index is 0.263. The summed E-state index contributed by atoms with van der Waals surface area (Å²) in [5.74, 6) is 0.565. The molecule has 1 aliphatic rings. The van der Waals surface area contributed by atoms with E-state index in [-0.39, 0.29) is 10.8 Å². The summed E-state index contributed by atoms with van der Waals surface area (Å²) in [6.45, 7) is 16.3. The second kappa shape index (κ2) is 6.72. The van der Waals surface area contributed by atoms with Crippen LogP contribution >= 0.6 is 0 Å². The maximum atomic E-state index is 2.45. The fraction of sp³-hybridized carbons (Fsp3) is 0.462. The number of benzene rings is 2. The zero-order valence-electron chi connectivity index (χ0n) is 17.6. The molecule has 0 radical (unpaired) electrons. The number of rotatable bonds is 3. The van der Waals surface area contributed by atoms with Gasteiger partial charge in [0.15, 0.2) is 0 Å². The Bertz CT molecular complexity index is 831. The molecule has 2 aromatic carbocycles. The van der Waals surface area contributed by atoms with E-state index in [4.69, 9.17) is 0 Å². The Hall–Kier alpha value is -1.82. The van der Waals surface area contributed by atoms with Crippen LogP contribution in [-0.2, 0) is 10.8 Å². The van der Waals surface area contributed by atoms with Gasteiger partial charge in [0.1, 0.15) is 0 Å². The average Bonchev–Trinajstić information content (AvgIpc) is 2.59. The summed E-state index contributed by atoms with van der Waals surface area (Å²) in [4.78, 5) is 0. The summed E-state index contributed by atoms with van der Waals surface area (Å²) in [5, 5.41) is 0. The topological polar surface area (TPSA) is 0 Å². The predicted molar refractivity (Wildman–Crippen MR) is 116 cm³/mol. The minimum Gasteiger partial charge on any atom is -0.0614 e. The van der Waals surface area contributed by atoms with Gasteiger partial charge in [0.25, 0.3) is 0 Å². The van der Waals surface area contributed by atoms with Gasteiger partial charge in [-0.15, -0.1) is 0 Å². The Kier molecular flexibility index (Phi) is 4.90. The zero-order valence-corrected chi connectivity index (χ0v) is 17.6. The first kappa shape index (κ1) is 19.0. The molecule has 3 rings (SSSR count). The van der Waals surface area contributed by atoms with Gasteiger partial charge in [-0.25, -0.2) is 0 Å². The molecule has 138 valence electrons. The molecule has 0 nitrogen and oxygen atoms in total. The molecule has 0 aromatic heterocycles. The molecule has 1 aliphatic carbocycles. The van der Waals surface area contributed by atoms with Gasteiger partial charge in [-0.2, -0.15) is 0 Å².